The lowest BCUT2D eigenvalue weighted by atomic mass is 10.0. The molecule has 3 aromatic carbocycles. The van der Waals surface area contributed by atoms with Crippen LogP contribution in [-0.4, -0.2) is 12.0 Å². The molecule has 0 radical (unpaired) electrons. The average Bonchev–Trinajstić information content (AvgIpc) is 2.75. The van der Waals surface area contributed by atoms with Crippen molar-refractivity contribution in [3.63, 3.8) is 0 Å². The van der Waals surface area contributed by atoms with Gasteiger partial charge in [0.1, 0.15) is 5.75 Å². The number of hydrogen-bond acceptors (Lipinski definition) is 3. The first-order chi connectivity index (χ1) is 13.7. The van der Waals surface area contributed by atoms with Crippen LogP contribution in [-0.2, 0) is 11.2 Å². The molecule has 28 heavy (non-hydrogen) atoms. The third-order valence-electron chi connectivity index (χ3n) is 4.67. The van der Waals surface area contributed by atoms with E-state index in [1.165, 1.54) is 5.56 Å². The van der Waals surface area contributed by atoms with E-state index in [2.05, 4.69) is 54.8 Å². The van der Waals surface area contributed by atoms with E-state index in [1.54, 1.807) is 0 Å². The molecule has 0 saturated carbocycles. The van der Waals surface area contributed by atoms with Gasteiger partial charge in [0.2, 0.25) is 0 Å². The summed E-state index contributed by atoms with van der Waals surface area (Å²) in [5.74, 6) is 0.0579. The van der Waals surface area contributed by atoms with Gasteiger partial charge in [-0.25, -0.2) is 4.79 Å². The lowest BCUT2D eigenvalue weighted by Gasteiger charge is -2.32. The zero-order valence-electron chi connectivity index (χ0n) is 16.1. The zero-order valence-corrected chi connectivity index (χ0v) is 16.1. The van der Waals surface area contributed by atoms with E-state index in [0.29, 0.717) is 11.8 Å². The minimum Gasteiger partial charge on any atom is -0.423 e. The Labute approximate surface area is 166 Å². The van der Waals surface area contributed by atoms with Crippen LogP contribution < -0.4 is 9.64 Å². The Morgan fingerprint density at radius 2 is 1.50 bits per heavy atom. The van der Waals surface area contributed by atoms with Gasteiger partial charge in [0.05, 0.1) is 0 Å². The molecule has 142 valence electrons. The average molecular weight is 371 g/mol. The number of rotatable bonds is 8. The number of esters is 1. The maximum Gasteiger partial charge on any atom is 0.335 e. The fourth-order valence-electron chi connectivity index (χ4n) is 3.23. The van der Waals surface area contributed by atoms with Gasteiger partial charge in [0, 0.05) is 23.5 Å². The van der Waals surface area contributed by atoms with Gasteiger partial charge in [0.15, 0.2) is 0 Å². The maximum absolute atomic E-state index is 11.4. The maximum atomic E-state index is 11.4. The quantitative estimate of drug-likeness (QED) is 0.279. The fourth-order valence-corrected chi connectivity index (χ4v) is 3.23. The molecule has 0 saturated heterocycles. The molecule has 0 bridgehead atoms. The summed E-state index contributed by atoms with van der Waals surface area (Å²) in [6.45, 7) is 5.67. The Balaban J connectivity index is 1.81. The molecule has 0 spiro atoms. The van der Waals surface area contributed by atoms with E-state index in [9.17, 15) is 4.79 Å². The summed E-state index contributed by atoms with van der Waals surface area (Å²) >= 11 is 0. The van der Waals surface area contributed by atoms with Crippen LogP contribution in [0.1, 0.15) is 18.9 Å². The second kappa shape index (κ2) is 9.56. The van der Waals surface area contributed by atoms with Crippen molar-refractivity contribution < 1.29 is 9.53 Å². The summed E-state index contributed by atoms with van der Waals surface area (Å²) in [4.78, 5) is 13.7. The van der Waals surface area contributed by atoms with Crippen molar-refractivity contribution >= 4 is 17.3 Å². The van der Waals surface area contributed by atoms with Gasteiger partial charge < -0.3 is 9.64 Å². The molecule has 0 aromatic heterocycles. The van der Waals surface area contributed by atoms with Gasteiger partial charge in [-0.2, -0.15) is 0 Å². The summed E-state index contributed by atoms with van der Waals surface area (Å²) in [6.07, 6.45) is 3.20. The first kappa shape index (κ1) is 19.4. The Bertz CT molecular complexity index is 889. The van der Waals surface area contributed by atoms with Crippen LogP contribution in [0.4, 0.5) is 11.4 Å². The van der Waals surface area contributed by atoms with E-state index in [4.69, 9.17) is 4.74 Å². The van der Waals surface area contributed by atoms with E-state index in [-0.39, 0.29) is 0 Å². The second-order valence-electron chi connectivity index (χ2n) is 6.70. The van der Waals surface area contributed by atoms with Crippen molar-refractivity contribution in [2.24, 2.45) is 0 Å². The monoisotopic (exact) mass is 371 g/mol. The van der Waals surface area contributed by atoms with Gasteiger partial charge in [-0.05, 0) is 61.7 Å². The number of aryl methyl sites for hydroxylation is 1. The minimum absolute atomic E-state index is 0.296. The molecular weight excluding hydrogens is 346 g/mol. The molecule has 3 nitrogen and oxygen atoms in total. The molecule has 0 N–H and O–H groups in total. The molecular formula is C25H25NO2. The number of hydrogen-bond donors (Lipinski definition) is 0. The van der Waals surface area contributed by atoms with Crippen molar-refractivity contribution in [2.45, 2.75) is 25.8 Å². The largest absolute Gasteiger partial charge is 0.423 e. The van der Waals surface area contributed by atoms with E-state index >= 15 is 0 Å². The fraction of sp³-hybridized carbons (Fsp3) is 0.160. The van der Waals surface area contributed by atoms with Crippen LogP contribution in [0.3, 0.4) is 0 Å². The SMILES string of the molecule is C=CC(=O)Oc1ccc(N(c2ccccc2)C(C)CCc2ccccc2)cc1. The smallest absolute Gasteiger partial charge is 0.335 e. The standard InChI is InChI=1S/C25H25NO2/c1-3-25(27)28-24-18-16-23(17-19-24)26(22-12-8-5-9-13-22)20(2)14-15-21-10-6-4-7-11-21/h3-13,16-20H,1,14-15H2,2H3. The molecule has 1 atom stereocenters. The predicted molar refractivity (Wildman–Crippen MR) is 115 cm³/mol. The third-order valence-corrected chi connectivity index (χ3v) is 4.67. The summed E-state index contributed by atoms with van der Waals surface area (Å²) in [5, 5.41) is 0. The Morgan fingerprint density at radius 1 is 0.929 bits per heavy atom. The van der Waals surface area contributed by atoms with Crippen molar-refractivity contribution in [1.29, 1.82) is 0 Å². The van der Waals surface area contributed by atoms with Gasteiger partial charge in [-0.3, -0.25) is 0 Å². The zero-order chi connectivity index (χ0) is 19.8. The van der Waals surface area contributed by atoms with Crippen molar-refractivity contribution in [3.8, 4) is 5.75 Å². The van der Waals surface area contributed by atoms with E-state index in [1.807, 2.05) is 48.5 Å². The van der Waals surface area contributed by atoms with Crippen LogP contribution in [0.15, 0.2) is 97.6 Å². The molecule has 0 heterocycles. The van der Waals surface area contributed by atoms with Crippen molar-refractivity contribution in [3.05, 3.63) is 103 Å². The first-order valence-electron chi connectivity index (χ1n) is 9.50. The molecule has 1 unspecified atom stereocenters. The number of para-hydroxylation sites is 1. The summed E-state index contributed by atoms with van der Waals surface area (Å²) in [7, 11) is 0. The minimum atomic E-state index is -0.455. The number of ether oxygens (including phenoxy) is 1. The van der Waals surface area contributed by atoms with Crippen LogP contribution >= 0.6 is 0 Å². The number of anilines is 2. The normalized spacial score (nSPS) is 11.5. The van der Waals surface area contributed by atoms with Crippen LogP contribution in [0.5, 0.6) is 5.75 Å². The molecule has 3 rings (SSSR count). The lowest BCUT2D eigenvalue weighted by molar-refractivity contribution is -0.128. The number of benzene rings is 3. The second-order valence-corrected chi connectivity index (χ2v) is 6.70. The highest BCUT2D eigenvalue weighted by Gasteiger charge is 2.17. The van der Waals surface area contributed by atoms with Crippen LogP contribution in [0.2, 0.25) is 0 Å². The first-order valence-corrected chi connectivity index (χ1v) is 9.50. The molecule has 3 aromatic rings. The third kappa shape index (κ3) is 5.10. The van der Waals surface area contributed by atoms with Crippen LogP contribution in [0.25, 0.3) is 0 Å². The van der Waals surface area contributed by atoms with Gasteiger partial charge in [-0.1, -0.05) is 55.1 Å². The molecule has 0 amide bonds. The van der Waals surface area contributed by atoms with Crippen molar-refractivity contribution in [2.75, 3.05) is 4.90 Å². The van der Waals surface area contributed by atoms with E-state index < -0.39 is 5.97 Å². The summed E-state index contributed by atoms with van der Waals surface area (Å²) < 4.78 is 5.19. The van der Waals surface area contributed by atoms with Crippen LogP contribution in [0, 0.1) is 0 Å². The topological polar surface area (TPSA) is 29.5 Å². The van der Waals surface area contributed by atoms with E-state index in [0.717, 1.165) is 30.3 Å². The Morgan fingerprint density at radius 3 is 2.11 bits per heavy atom. The lowest BCUT2D eigenvalue weighted by Crippen LogP contribution is -2.28. The molecule has 0 aliphatic carbocycles. The summed E-state index contributed by atoms with van der Waals surface area (Å²) in [5.41, 5.74) is 3.54. The number of carbonyl (C=O) groups excluding carboxylic acids is 1. The molecule has 3 heteroatoms. The van der Waals surface area contributed by atoms with Gasteiger partial charge >= 0.3 is 5.97 Å². The number of carbonyl (C=O) groups is 1. The Hall–Kier alpha value is -3.33. The summed E-state index contributed by atoms with van der Waals surface area (Å²) in [6, 6.07) is 28.8. The van der Waals surface area contributed by atoms with Gasteiger partial charge in [0.25, 0.3) is 0 Å². The Kier molecular flexibility index (Phi) is 6.64. The molecule has 0 aliphatic rings. The highest BCUT2D eigenvalue weighted by Crippen LogP contribution is 2.30. The highest BCUT2D eigenvalue weighted by molar-refractivity contribution is 5.83. The van der Waals surface area contributed by atoms with Gasteiger partial charge in [-0.15, -0.1) is 0 Å². The predicted octanol–water partition coefficient (Wildman–Crippen LogP) is 5.94. The number of nitrogens with zero attached hydrogens (tertiary/aromatic N) is 1. The molecule has 0 aliphatic heterocycles. The van der Waals surface area contributed by atoms with Crippen molar-refractivity contribution in [1.82, 2.24) is 0 Å². The molecule has 0 fully saturated rings. The highest BCUT2D eigenvalue weighted by atomic mass is 16.5.